The van der Waals surface area contributed by atoms with Crippen molar-refractivity contribution in [1.82, 2.24) is 10.2 Å². The van der Waals surface area contributed by atoms with Crippen molar-refractivity contribution in [3.05, 3.63) is 0 Å². The van der Waals surface area contributed by atoms with E-state index in [-0.39, 0.29) is 18.4 Å². The van der Waals surface area contributed by atoms with E-state index in [1.807, 2.05) is 0 Å². The molecule has 1 unspecified atom stereocenters. The van der Waals surface area contributed by atoms with Gasteiger partial charge in [-0.25, -0.2) is 0 Å². The van der Waals surface area contributed by atoms with Gasteiger partial charge in [-0.1, -0.05) is 5.92 Å². The average Bonchev–Trinajstić information content (AvgIpc) is 2.11. The number of carbonyl (C=O) groups is 2. The molecule has 0 saturated carbocycles. The van der Waals surface area contributed by atoms with E-state index in [1.165, 1.54) is 4.90 Å². The van der Waals surface area contributed by atoms with Gasteiger partial charge in [-0.15, -0.1) is 6.42 Å². The summed E-state index contributed by atoms with van der Waals surface area (Å²) >= 11 is 0. The third-order valence-corrected chi connectivity index (χ3v) is 2.34. The molecule has 2 amide bonds. The molecule has 1 aliphatic rings. The minimum Gasteiger partial charge on any atom is -0.343 e. The summed E-state index contributed by atoms with van der Waals surface area (Å²) in [5.41, 5.74) is -0.705. The highest BCUT2D eigenvalue weighted by molar-refractivity contribution is 5.95. The molecule has 0 aromatic rings. The zero-order valence-electron chi connectivity index (χ0n) is 8.63. The van der Waals surface area contributed by atoms with Crippen LogP contribution >= 0.6 is 0 Å². The van der Waals surface area contributed by atoms with Crippen molar-refractivity contribution in [2.24, 2.45) is 0 Å². The number of nitrogens with zero attached hydrogens (tertiary/aromatic N) is 1. The van der Waals surface area contributed by atoms with Crippen LogP contribution in [0, 0.1) is 12.3 Å². The van der Waals surface area contributed by atoms with E-state index in [0.717, 1.165) is 0 Å². The van der Waals surface area contributed by atoms with E-state index in [1.54, 1.807) is 20.8 Å². The van der Waals surface area contributed by atoms with Crippen LogP contribution < -0.4 is 5.32 Å². The highest BCUT2D eigenvalue weighted by Crippen LogP contribution is 2.16. The quantitative estimate of drug-likeness (QED) is 0.585. The van der Waals surface area contributed by atoms with Crippen LogP contribution in [-0.2, 0) is 9.59 Å². The van der Waals surface area contributed by atoms with Crippen molar-refractivity contribution in [3.8, 4) is 12.3 Å². The topological polar surface area (TPSA) is 49.4 Å². The fourth-order valence-electron chi connectivity index (χ4n) is 1.36. The Morgan fingerprint density at radius 2 is 2.14 bits per heavy atom. The minimum absolute atomic E-state index is 0.0420. The minimum atomic E-state index is -0.705. The number of piperazine rings is 1. The second kappa shape index (κ2) is 3.33. The standard InChI is InChI=1S/C10H14N2O2/c1-5-10(3,4)12-6-8(13)11-7(2)9(12)14/h1,7H,6H2,2-4H3,(H,11,13). The van der Waals surface area contributed by atoms with Gasteiger partial charge in [0.2, 0.25) is 11.8 Å². The highest BCUT2D eigenvalue weighted by atomic mass is 16.2. The van der Waals surface area contributed by atoms with Gasteiger partial charge in [-0.2, -0.15) is 0 Å². The van der Waals surface area contributed by atoms with Crippen molar-refractivity contribution in [2.45, 2.75) is 32.4 Å². The van der Waals surface area contributed by atoms with Crippen LogP contribution in [0.25, 0.3) is 0 Å². The lowest BCUT2D eigenvalue weighted by atomic mass is 10.0. The second-order valence-corrected chi connectivity index (χ2v) is 3.92. The molecule has 0 aromatic carbocycles. The summed E-state index contributed by atoms with van der Waals surface area (Å²) in [6.07, 6.45) is 5.31. The maximum Gasteiger partial charge on any atom is 0.246 e. The molecule has 0 spiro atoms. The monoisotopic (exact) mass is 194 g/mol. The zero-order chi connectivity index (χ0) is 10.9. The Morgan fingerprint density at radius 3 is 2.64 bits per heavy atom. The number of hydrogen-bond donors (Lipinski definition) is 1. The van der Waals surface area contributed by atoms with Gasteiger partial charge in [0.05, 0.1) is 5.54 Å². The Labute approximate surface area is 83.6 Å². The Hall–Kier alpha value is -1.50. The van der Waals surface area contributed by atoms with E-state index in [4.69, 9.17) is 6.42 Å². The molecule has 1 atom stereocenters. The number of rotatable bonds is 1. The SMILES string of the molecule is C#CC(C)(C)N1CC(=O)NC(C)C1=O. The maximum atomic E-state index is 11.7. The van der Waals surface area contributed by atoms with Crippen molar-refractivity contribution in [1.29, 1.82) is 0 Å². The Morgan fingerprint density at radius 1 is 1.57 bits per heavy atom. The first-order valence-corrected chi connectivity index (χ1v) is 4.47. The van der Waals surface area contributed by atoms with Crippen LogP contribution in [0.5, 0.6) is 0 Å². The molecule has 1 fully saturated rings. The van der Waals surface area contributed by atoms with Gasteiger partial charge in [-0.3, -0.25) is 9.59 Å². The molecule has 4 heteroatoms. The predicted molar refractivity (Wildman–Crippen MR) is 52.2 cm³/mol. The Kier molecular flexibility index (Phi) is 2.52. The lowest BCUT2D eigenvalue weighted by Gasteiger charge is -2.39. The van der Waals surface area contributed by atoms with Gasteiger partial charge in [0.1, 0.15) is 12.6 Å². The molecule has 0 radical (unpaired) electrons. The highest BCUT2D eigenvalue weighted by Gasteiger charge is 2.37. The number of terminal acetylenes is 1. The van der Waals surface area contributed by atoms with E-state index in [2.05, 4.69) is 11.2 Å². The van der Waals surface area contributed by atoms with Gasteiger partial charge in [0, 0.05) is 0 Å². The summed E-state index contributed by atoms with van der Waals surface area (Å²) in [6, 6.07) is -0.483. The molecule has 76 valence electrons. The molecule has 0 aliphatic carbocycles. The average molecular weight is 194 g/mol. The van der Waals surface area contributed by atoms with Crippen LogP contribution in [0.3, 0.4) is 0 Å². The molecule has 0 bridgehead atoms. The Balaban J connectivity index is 2.94. The van der Waals surface area contributed by atoms with E-state index >= 15 is 0 Å². The van der Waals surface area contributed by atoms with Crippen LogP contribution in [-0.4, -0.2) is 34.8 Å². The van der Waals surface area contributed by atoms with Crippen molar-refractivity contribution in [2.75, 3.05) is 6.54 Å². The van der Waals surface area contributed by atoms with E-state index in [9.17, 15) is 9.59 Å². The molecule has 0 aromatic heterocycles. The molecular weight excluding hydrogens is 180 g/mol. The lowest BCUT2D eigenvalue weighted by Crippen LogP contribution is -2.62. The summed E-state index contributed by atoms with van der Waals surface area (Å²) in [7, 11) is 0. The van der Waals surface area contributed by atoms with Gasteiger partial charge in [0.15, 0.2) is 0 Å². The number of nitrogens with one attached hydrogen (secondary N) is 1. The van der Waals surface area contributed by atoms with Crippen LogP contribution in [0.4, 0.5) is 0 Å². The largest absolute Gasteiger partial charge is 0.343 e. The number of carbonyl (C=O) groups excluding carboxylic acids is 2. The predicted octanol–water partition coefficient (Wildman–Crippen LogP) is -0.255. The fourth-order valence-corrected chi connectivity index (χ4v) is 1.36. The molecule has 4 nitrogen and oxygen atoms in total. The fraction of sp³-hybridized carbons (Fsp3) is 0.600. The zero-order valence-corrected chi connectivity index (χ0v) is 8.63. The van der Waals surface area contributed by atoms with Crippen LogP contribution in [0.15, 0.2) is 0 Å². The van der Waals surface area contributed by atoms with Gasteiger partial charge < -0.3 is 10.2 Å². The summed E-state index contributed by atoms with van der Waals surface area (Å²) in [5, 5.41) is 2.56. The number of amides is 2. The molecule has 1 N–H and O–H groups in total. The molecule has 1 saturated heterocycles. The Bertz CT molecular complexity index is 315. The van der Waals surface area contributed by atoms with Crippen LogP contribution in [0.2, 0.25) is 0 Å². The third kappa shape index (κ3) is 1.72. The molecule has 1 rings (SSSR count). The number of hydrogen-bond acceptors (Lipinski definition) is 2. The first-order valence-electron chi connectivity index (χ1n) is 4.47. The van der Waals surface area contributed by atoms with Crippen molar-refractivity contribution >= 4 is 11.8 Å². The van der Waals surface area contributed by atoms with Crippen molar-refractivity contribution in [3.63, 3.8) is 0 Å². The van der Waals surface area contributed by atoms with Crippen molar-refractivity contribution < 1.29 is 9.59 Å². The summed E-state index contributed by atoms with van der Waals surface area (Å²) in [6.45, 7) is 5.19. The maximum absolute atomic E-state index is 11.7. The molecular formula is C10H14N2O2. The van der Waals surface area contributed by atoms with Gasteiger partial charge in [0.25, 0.3) is 0 Å². The first-order chi connectivity index (χ1) is 6.38. The van der Waals surface area contributed by atoms with Gasteiger partial charge in [-0.05, 0) is 20.8 Å². The van der Waals surface area contributed by atoms with E-state index in [0.29, 0.717) is 0 Å². The molecule has 1 heterocycles. The summed E-state index contributed by atoms with van der Waals surface area (Å²) in [4.78, 5) is 24.3. The molecule has 14 heavy (non-hydrogen) atoms. The van der Waals surface area contributed by atoms with E-state index < -0.39 is 11.6 Å². The normalized spacial score (nSPS) is 23.0. The third-order valence-electron chi connectivity index (χ3n) is 2.34. The smallest absolute Gasteiger partial charge is 0.246 e. The first kappa shape index (κ1) is 10.6. The van der Waals surface area contributed by atoms with Crippen LogP contribution in [0.1, 0.15) is 20.8 Å². The second-order valence-electron chi connectivity index (χ2n) is 3.92. The summed E-state index contributed by atoms with van der Waals surface area (Å²) < 4.78 is 0. The summed E-state index contributed by atoms with van der Waals surface area (Å²) in [5.74, 6) is 2.21. The van der Waals surface area contributed by atoms with Gasteiger partial charge >= 0.3 is 0 Å². The lowest BCUT2D eigenvalue weighted by molar-refractivity contribution is -0.147. The molecule has 1 aliphatic heterocycles.